The molecule has 0 spiro atoms. The maximum atomic E-state index is 12.4. The van der Waals surface area contributed by atoms with Crippen molar-refractivity contribution in [3.05, 3.63) is 59.7 Å². The molecule has 3 rings (SSSR count). The second-order valence-electron chi connectivity index (χ2n) is 7.44. The first-order chi connectivity index (χ1) is 14.0. The fraction of sp³-hybridized carbons (Fsp3) is 0.391. The molecule has 0 saturated carbocycles. The number of amides is 3. The summed E-state index contributed by atoms with van der Waals surface area (Å²) in [5, 5.41) is 2.92. The third-order valence-electron chi connectivity index (χ3n) is 4.98. The third-order valence-corrected chi connectivity index (χ3v) is 4.98. The van der Waals surface area contributed by atoms with Crippen LogP contribution in [0.4, 0.5) is 10.5 Å². The van der Waals surface area contributed by atoms with Gasteiger partial charge in [-0.1, -0.05) is 24.3 Å². The predicted molar refractivity (Wildman–Crippen MR) is 114 cm³/mol. The highest BCUT2D eigenvalue weighted by atomic mass is 16.5. The van der Waals surface area contributed by atoms with Gasteiger partial charge in [-0.15, -0.1) is 0 Å². The van der Waals surface area contributed by atoms with Crippen LogP contribution in [0.2, 0.25) is 0 Å². The van der Waals surface area contributed by atoms with Crippen LogP contribution >= 0.6 is 0 Å². The first kappa shape index (κ1) is 20.7. The van der Waals surface area contributed by atoms with Crippen LogP contribution in [0.15, 0.2) is 48.5 Å². The second kappa shape index (κ2) is 9.96. The summed E-state index contributed by atoms with van der Waals surface area (Å²) < 4.78 is 5.71. The van der Waals surface area contributed by atoms with E-state index in [2.05, 4.69) is 5.32 Å². The number of rotatable bonds is 6. The predicted octanol–water partition coefficient (Wildman–Crippen LogP) is 3.84. The van der Waals surface area contributed by atoms with Crippen LogP contribution in [0.1, 0.15) is 24.0 Å². The lowest BCUT2D eigenvalue weighted by atomic mass is 10.2. The molecule has 6 heteroatoms. The lowest BCUT2D eigenvalue weighted by molar-refractivity contribution is -0.132. The molecule has 0 atom stereocenters. The molecule has 1 saturated heterocycles. The average molecular weight is 396 g/mol. The molecular weight excluding hydrogens is 366 g/mol. The minimum atomic E-state index is -0.116. The van der Waals surface area contributed by atoms with E-state index in [1.165, 1.54) is 0 Å². The van der Waals surface area contributed by atoms with Crippen molar-refractivity contribution in [3.63, 3.8) is 0 Å². The van der Waals surface area contributed by atoms with E-state index >= 15 is 0 Å². The molecule has 2 aromatic rings. The number of hydrogen-bond donors (Lipinski definition) is 1. The molecule has 1 fully saturated rings. The summed E-state index contributed by atoms with van der Waals surface area (Å²) in [6, 6.07) is 15.5. The van der Waals surface area contributed by atoms with Gasteiger partial charge in [-0.25, -0.2) is 4.79 Å². The fourth-order valence-electron chi connectivity index (χ4n) is 3.36. The second-order valence-corrected chi connectivity index (χ2v) is 7.44. The molecule has 0 radical (unpaired) electrons. The number of nitrogens with one attached hydrogen (secondary N) is 1. The van der Waals surface area contributed by atoms with Gasteiger partial charge < -0.3 is 19.9 Å². The lowest BCUT2D eigenvalue weighted by Crippen LogP contribution is -2.51. The van der Waals surface area contributed by atoms with Crippen LogP contribution in [0, 0.1) is 13.8 Å². The molecule has 1 N–H and O–H groups in total. The van der Waals surface area contributed by atoms with Gasteiger partial charge in [-0.3, -0.25) is 4.79 Å². The van der Waals surface area contributed by atoms with Gasteiger partial charge in [0.05, 0.1) is 6.61 Å². The van der Waals surface area contributed by atoms with E-state index in [4.69, 9.17) is 4.74 Å². The Labute approximate surface area is 172 Å². The van der Waals surface area contributed by atoms with Crippen molar-refractivity contribution in [1.82, 2.24) is 9.80 Å². The van der Waals surface area contributed by atoms with E-state index in [1.807, 2.05) is 67.3 Å². The molecule has 0 unspecified atom stereocenters. The Kier molecular flexibility index (Phi) is 7.11. The highest BCUT2D eigenvalue weighted by molar-refractivity contribution is 5.89. The summed E-state index contributed by atoms with van der Waals surface area (Å²) in [6.07, 6.45) is 1.14. The normalized spacial score (nSPS) is 13.9. The van der Waals surface area contributed by atoms with Crippen molar-refractivity contribution < 1.29 is 14.3 Å². The van der Waals surface area contributed by atoms with E-state index in [1.54, 1.807) is 4.90 Å². The molecule has 2 aromatic carbocycles. The Morgan fingerprint density at radius 3 is 2.28 bits per heavy atom. The number of ether oxygens (including phenoxy) is 1. The number of urea groups is 1. The third kappa shape index (κ3) is 6.24. The number of anilines is 1. The van der Waals surface area contributed by atoms with Gasteiger partial charge in [-0.05, 0) is 55.7 Å². The van der Waals surface area contributed by atoms with Gasteiger partial charge in [0, 0.05) is 38.3 Å². The number of benzene rings is 2. The highest BCUT2D eigenvalue weighted by Crippen LogP contribution is 2.14. The summed E-state index contributed by atoms with van der Waals surface area (Å²) in [4.78, 5) is 28.4. The van der Waals surface area contributed by atoms with Crippen LogP contribution < -0.4 is 10.1 Å². The zero-order valence-corrected chi connectivity index (χ0v) is 17.2. The van der Waals surface area contributed by atoms with Crippen molar-refractivity contribution in [2.75, 3.05) is 38.1 Å². The Morgan fingerprint density at radius 1 is 0.931 bits per heavy atom. The van der Waals surface area contributed by atoms with Crippen molar-refractivity contribution in [1.29, 1.82) is 0 Å². The van der Waals surface area contributed by atoms with Gasteiger partial charge in [0.2, 0.25) is 5.91 Å². The molecular formula is C23H29N3O3. The Bertz CT molecular complexity index is 845. The minimum absolute atomic E-state index is 0.116. The first-order valence-corrected chi connectivity index (χ1v) is 10.1. The van der Waals surface area contributed by atoms with Crippen LogP contribution in [0.3, 0.4) is 0 Å². The van der Waals surface area contributed by atoms with E-state index < -0.39 is 0 Å². The molecule has 6 nitrogen and oxygen atoms in total. The number of nitrogens with zero attached hydrogens (tertiary/aromatic N) is 2. The summed E-state index contributed by atoms with van der Waals surface area (Å²) in [7, 11) is 0. The van der Waals surface area contributed by atoms with Crippen molar-refractivity contribution in [2.45, 2.75) is 26.7 Å². The molecule has 1 heterocycles. The Balaban J connectivity index is 1.36. The van der Waals surface area contributed by atoms with Gasteiger partial charge in [0.25, 0.3) is 0 Å². The van der Waals surface area contributed by atoms with Crippen molar-refractivity contribution >= 4 is 17.6 Å². The van der Waals surface area contributed by atoms with Crippen LogP contribution in [-0.4, -0.2) is 54.5 Å². The van der Waals surface area contributed by atoms with Crippen LogP contribution in [0.25, 0.3) is 0 Å². The molecule has 1 aliphatic rings. The van der Waals surface area contributed by atoms with E-state index in [9.17, 15) is 9.59 Å². The van der Waals surface area contributed by atoms with Crippen molar-refractivity contribution in [2.24, 2.45) is 0 Å². The molecule has 0 aromatic heterocycles. The summed E-state index contributed by atoms with van der Waals surface area (Å²) in [6.45, 7) is 6.77. The molecule has 1 aliphatic heterocycles. The standard InChI is InChI=1S/C23H29N3O3/c1-18-6-3-8-20(16-18)24-23(28)26-13-11-25(12-14-26)22(27)10-5-15-29-21-9-4-7-19(2)17-21/h3-4,6-9,16-17H,5,10-15H2,1-2H3,(H,24,28). The smallest absolute Gasteiger partial charge is 0.321 e. The first-order valence-electron chi connectivity index (χ1n) is 10.1. The summed E-state index contributed by atoms with van der Waals surface area (Å²) >= 11 is 0. The number of hydrogen-bond acceptors (Lipinski definition) is 3. The minimum Gasteiger partial charge on any atom is -0.494 e. The Hall–Kier alpha value is -3.02. The van der Waals surface area contributed by atoms with E-state index in [0.29, 0.717) is 45.6 Å². The number of carbonyl (C=O) groups is 2. The number of carbonyl (C=O) groups excluding carboxylic acids is 2. The molecule has 0 bridgehead atoms. The maximum Gasteiger partial charge on any atom is 0.321 e. The van der Waals surface area contributed by atoms with Gasteiger partial charge >= 0.3 is 6.03 Å². The number of aryl methyl sites for hydroxylation is 2. The van der Waals surface area contributed by atoms with Crippen LogP contribution in [-0.2, 0) is 4.79 Å². The monoisotopic (exact) mass is 395 g/mol. The maximum absolute atomic E-state index is 12.4. The molecule has 0 aliphatic carbocycles. The average Bonchev–Trinajstić information content (AvgIpc) is 2.71. The number of piperazine rings is 1. The zero-order chi connectivity index (χ0) is 20.6. The molecule has 154 valence electrons. The zero-order valence-electron chi connectivity index (χ0n) is 17.2. The fourth-order valence-corrected chi connectivity index (χ4v) is 3.36. The summed E-state index contributed by atoms with van der Waals surface area (Å²) in [5.41, 5.74) is 3.05. The SMILES string of the molecule is Cc1cccc(NC(=O)N2CCN(C(=O)CCCOc3cccc(C)c3)CC2)c1. The van der Waals surface area contributed by atoms with Gasteiger partial charge in [0.1, 0.15) is 5.75 Å². The molecule has 3 amide bonds. The van der Waals surface area contributed by atoms with Gasteiger partial charge in [0.15, 0.2) is 0 Å². The lowest BCUT2D eigenvalue weighted by Gasteiger charge is -2.34. The highest BCUT2D eigenvalue weighted by Gasteiger charge is 2.23. The largest absolute Gasteiger partial charge is 0.494 e. The Morgan fingerprint density at radius 2 is 1.59 bits per heavy atom. The molecule has 29 heavy (non-hydrogen) atoms. The van der Waals surface area contributed by atoms with Gasteiger partial charge in [-0.2, -0.15) is 0 Å². The quantitative estimate of drug-likeness (QED) is 0.756. The van der Waals surface area contributed by atoms with E-state index in [-0.39, 0.29) is 11.9 Å². The van der Waals surface area contributed by atoms with Crippen molar-refractivity contribution in [3.8, 4) is 5.75 Å². The van der Waals surface area contributed by atoms with Crippen LogP contribution in [0.5, 0.6) is 5.75 Å². The van der Waals surface area contributed by atoms with E-state index in [0.717, 1.165) is 22.6 Å². The summed E-state index contributed by atoms with van der Waals surface area (Å²) in [5.74, 6) is 0.960. The topological polar surface area (TPSA) is 61.9 Å².